The van der Waals surface area contributed by atoms with Crippen LogP contribution in [0.25, 0.3) is 5.82 Å². The van der Waals surface area contributed by atoms with Crippen molar-refractivity contribution in [3.8, 4) is 5.82 Å². The Morgan fingerprint density at radius 2 is 2.08 bits per heavy atom. The molecule has 0 bridgehead atoms. The third-order valence-electron chi connectivity index (χ3n) is 4.11. The normalized spacial score (nSPS) is 20.4. The molecule has 0 aliphatic carbocycles. The molecule has 8 heteroatoms. The van der Waals surface area contributed by atoms with E-state index in [0.717, 1.165) is 11.4 Å². The van der Waals surface area contributed by atoms with Crippen LogP contribution >= 0.6 is 0 Å². The molecule has 1 N–H and O–H groups in total. The van der Waals surface area contributed by atoms with E-state index in [1.165, 1.54) is 11.1 Å². The smallest absolute Gasteiger partial charge is 0.343 e. The van der Waals surface area contributed by atoms with Crippen LogP contribution in [0.3, 0.4) is 0 Å². The van der Waals surface area contributed by atoms with Crippen molar-refractivity contribution in [2.75, 3.05) is 13.1 Å². The van der Waals surface area contributed by atoms with Gasteiger partial charge in [-0.05, 0) is 32.0 Å². The van der Waals surface area contributed by atoms with Crippen LogP contribution in [0.1, 0.15) is 28.2 Å². The third-order valence-corrected chi connectivity index (χ3v) is 4.11. The molecular formula is C16H17FN4O3. The van der Waals surface area contributed by atoms with Gasteiger partial charge < -0.3 is 10.0 Å². The lowest BCUT2D eigenvalue weighted by molar-refractivity contribution is -0.149. The summed E-state index contributed by atoms with van der Waals surface area (Å²) in [6, 6.07) is 5.15. The Labute approximate surface area is 137 Å². The zero-order valence-corrected chi connectivity index (χ0v) is 13.4. The van der Waals surface area contributed by atoms with Gasteiger partial charge in [-0.2, -0.15) is 5.10 Å². The summed E-state index contributed by atoms with van der Waals surface area (Å²) in [5, 5.41) is 13.2. The van der Waals surface area contributed by atoms with Gasteiger partial charge in [-0.1, -0.05) is 0 Å². The predicted molar refractivity (Wildman–Crippen MR) is 82.8 cm³/mol. The van der Waals surface area contributed by atoms with Gasteiger partial charge in [0.15, 0.2) is 5.82 Å². The molecule has 3 heterocycles. The van der Waals surface area contributed by atoms with E-state index in [4.69, 9.17) is 5.11 Å². The molecule has 1 aliphatic rings. The number of halogens is 1. The number of aryl methyl sites for hydroxylation is 2. The Morgan fingerprint density at radius 1 is 1.33 bits per heavy atom. The highest BCUT2D eigenvalue weighted by Crippen LogP contribution is 2.27. The van der Waals surface area contributed by atoms with Crippen LogP contribution < -0.4 is 0 Å². The van der Waals surface area contributed by atoms with E-state index < -0.39 is 24.1 Å². The molecule has 7 nitrogen and oxygen atoms in total. The summed E-state index contributed by atoms with van der Waals surface area (Å²) < 4.78 is 15.7. The van der Waals surface area contributed by atoms with Gasteiger partial charge in [-0.25, -0.2) is 18.9 Å². The second-order valence-corrected chi connectivity index (χ2v) is 5.99. The van der Waals surface area contributed by atoms with Crippen LogP contribution in [0.2, 0.25) is 0 Å². The minimum absolute atomic E-state index is 0.0703. The van der Waals surface area contributed by atoms with E-state index in [1.54, 1.807) is 16.8 Å². The van der Waals surface area contributed by atoms with Crippen molar-refractivity contribution >= 4 is 11.9 Å². The maximum absolute atomic E-state index is 14.1. The number of pyridine rings is 1. The summed E-state index contributed by atoms with van der Waals surface area (Å²) in [5.74, 6) is -1.39. The summed E-state index contributed by atoms with van der Waals surface area (Å²) >= 11 is 0. The highest BCUT2D eigenvalue weighted by molar-refractivity contribution is 5.95. The van der Waals surface area contributed by atoms with Crippen LogP contribution in [0.4, 0.5) is 4.39 Å². The van der Waals surface area contributed by atoms with Crippen molar-refractivity contribution in [1.29, 1.82) is 0 Å². The SMILES string of the molecule is Cc1cc(C)n(-c2ccc(C(=O)N3CCC(F)(C(=O)O)C3)cn2)n1. The summed E-state index contributed by atoms with van der Waals surface area (Å²) in [6.45, 7) is 3.40. The molecule has 3 rings (SSSR count). The first-order valence-electron chi connectivity index (χ1n) is 7.51. The Kier molecular flexibility index (Phi) is 3.82. The number of alkyl halides is 1. The van der Waals surface area contributed by atoms with Gasteiger partial charge >= 0.3 is 5.97 Å². The molecule has 0 radical (unpaired) electrons. The average molecular weight is 332 g/mol. The van der Waals surface area contributed by atoms with Crippen LogP contribution in [0.5, 0.6) is 0 Å². The summed E-state index contributed by atoms with van der Waals surface area (Å²) in [7, 11) is 0. The van der Waals surface area contributed by atoms with Crippen molar-refractivity contribution in [2.45, 2.75) is 25.9 Å². The largest absolute Gasteiger partial charge is 0.479 e. The molecule has 2 aromatic rings. The molecule has 126 valence electrons. The number of carbonyl (C=O) groups is 2. The Morgan fingerprint density at radius 3 is 2.58 bits per heavy atom. The second kappa shape index (κ2) is 5.70. The first kappa shape index (κ1) is 16.1. The number of nitrogens with zero attached hydrogens (tertiary/aromatic N) is 4. The monoisotopic (exact) mass is 332 g/mol. The van der Waals surface area contributed by atoms with E-state index >= 15 is 0 Å². The lowest BCUT2D eigenvalue weighted by atomic mass is 10.1. The topological polar surface area (TPSA) is 88.3 Å². The number of hydrogen-bond acceptors (Lipinski definition) is 4. The number of aromatic nitrogens is 3. The minimum atomic E-state index is -2.37. The van der Waals surface area contributed by atoms with Crippen molar-refractivity contribution in [2.24, 2.45) is 0 Å². The highest BCUT2D eigenvalue weighted by atomic mass is 19.1. The van der Waals surface area contributed by atoms with Gasteiger partial charge in [0.25, 0.3) is 5.91 Å². The average Bonchev–Trinajstić information content (AvgIpc) is 3.10. The molecule has 1 atom stereocenters. The van der Waals surface area contributed by atoms with Crippen LogP contribution in [0.15, 0.2) is 24.4 Å². The molecule has 0 saturated carbocycles. The molecule has 24 heavy (non-hydrogen) atoms. The van der Waals surface area contributed by atoms with Gasteiger partial charge in [-0.3, -0.25) is 4.79 Å². The molecule has 1 aliphatic heterocycles. The fourth-order valence-corrected chi connectivity index (χ4v) is 2.80. The van der Waals surface area contributed by atoms with Crippen LogP contribution in [0, 0.1) is 13.8 Å². The Balaban J connectivity index is 1.78. The number of rotatable bonds is 3. The molecule has 1 fully saturated rings. The van der Waals surface area contributed by atoms with Gasteiger partial charge in [0, 0.05) is 24.9 Å². The van der Waals surface area contributed by atoms with Crippen molar-refractivity contribution in [1.82, 2.24) is 19.7 Å². The third kappa shape index (κ3) is 2.75. The van der Waals surface area contributed by atoms with Gasteiger partial charge in [0.1, 0.15) is 0 Å². The van der Waals surface area contributed by atoms with Crippen molar-refractivity contribution in [3.63, 3.8) is 0 Å². The fraction of sp³-hybridized carbons (Fsp3) is 0.375. The van der Waals surface area contributed by atoms with Gasteiger partial charge in [0.05, 0.1) is 17.8 Å². The lowest BCUT2D eigenvalue weighted by Crippen LogP contribution is -2.38. The lowest BCUT2D eigenvalue weighted by Gasteiger charge is -2.17. The minimum Gasteiger partial charge on any atom is -0.479 e. The number of hydrogen-bond donors (Lipinski definition) is 1. The predicted octanol–water partition coefficient (Wildman–Crippen LogP) is 1.52. The first-order valence-corrected chi connectivity index (χ1v) is 7.51. The number of carboxylic acid groups (broad SMARTS) is 1. The number of amides is 1. The Hall–Kier alpha value is -2.77. The molecule has 1 unspecified atom stereocenters. The first-order chi connectivity index (χ1) is 11.3. The van der Waals surface area contributed by atoms with E-state index in [1.807, 2.05) is 19.9 Å². The number of likely N-dealkylation sites (tertiary alicyclic amines) is 1. The second-order valence-electron chi connectivity index (χ2n) is 5.99. The maximum atomic E-state index is 14.1. The highest BCUT2D eigenvalue weighted by Gasteiger charge is 2.47. The van der Waals surface area contributed by atoms with Crippen molar-refractivity contribution < 1.29 is 19.1 Å². The van der Waals surface area contributed by atoms with Gasteiger partial charge in [-0.15, -0.1) is 0 Å². The van der Waals surface area contributed by atoms with E-state index in [2.05, 4.69) is 10.1 Å². The quantitative estimate of drug-likeness (QED) is 0.921. The van der Waals surface area contributed by atoms with E-state index in [9.17, 15) is 14.0 Å². The number of carboxylic acids is 1. The van der Waals surface area contributed by atoms with Crippen LogP contribution in [-0.2, 0) is 4.79 Å². The summed E-state index contributed by atoms with van der Waals surface area (Å²) in [6.07, 6.45) is 1.19. The number of aliphatic carboxylic acids is 1. The zero-order valence-electron chi connectivity index (χ0n) is 13.4. The van der Waals surface area contributed by atoms with E-state index in [-0.39, 0.29) is 18.5 Å². The standard InChI is InChI=1S/C16H17FN4O3/c1-10-7-11(2)21(19-10)13-4-3-12(8-18-13)14(22)20-6-5-16(17,9-20)15(23)24/h3-4,7-8H,5-6,9H2,1-2H3,(H,23,24). The molecule has 0 aromatic carbocycles. The van der Waals surface area contributed by atoms with Crippen molar-refractivity contribution in [3.05, 3.63) is 41.3 Å². The Bertz CT molecular complexity index is 802. The molecule has 2 aromatic heterocycles. The zero-order chi connectivity index (χ0) is 17.5. The molecule has 1 saturated heterocycles. The van der Waals surface area contributed by atoms with Crippen LogP contribution in [-0.4, -0.2) is 55.4 Å². The summed E-state index contributed by atoms with van der Waals surface area (Å²) in [4.78, 5) is 28.7. The number of carbonyl (C=O) groups excluding carboxylic acids is 1. The fourth-order valence-electron chi connectivity index (χ4n) is 2.80. The van der Waals surface area contributed by atoms with E-state index in [0.29, 0.717) is 5.82 Å². The maximum Gasteiger partial charge on any atom is 0.343 e. The van der Waals surface area contributed by atoms with Gasteiger partial charge in [0.2, 0.25) is 5.67 Å². The molecule has 1 amide bonds. The summed E-state index contributed by atoms with van der Waals surface area (Å²) in [5.41, 5.74) is -0.302. The molecule has 0 spiro atoms. The molecular weight excluding hydrogens is 315 g/mol.